The third kappa shape index (κ3) is 4.53. The molecular weight excluding hydrogens is 410 g/mol. The van der Waals surface area contributed by atoms with Crippen LogP contribution in [-0.4, -0.2) is 35.4 Å². The summed E-state index contributed by atoms with van der Waals surface area (Å²) in [5.41, 5.74) is 2.26. The van der Waals surface area contributed by atoms with E-state index >= 15 is 0 Å². The summed E-state index contributed by atoms with van der Waals surface area (Å²) >= 11 is 0. The van der Waals surface area contributed by atoms with E-state index in [-0.39, 0.29) is 11.3 Å². The molecule has 0 bridgehead atoms. The number of benzene rings is 1. The normalized spacial score (nSPS) is 10.8. The van der Waals surface area contributed by atoms with Gasteiger partial charge in [-0.15, -0.1) is 0 Å². The van der Waals surface area contributed by atoms with Crippen LogP contribution in [0.15, 0.2) is 53.3 Å². The lowest BCUT2D eigenvalue weighted by Crippen LogP contribution is -2.23. The molecule has 1 amide bonds. The summed E-state index contributed by atoms with van der Waals surface area (Å²) in [4.78, 5) is 32.5. The molecule has 32 heavy (non-hydrogen) atoms. The molecule has 0 aliphatic carbocycles. The van der Waals surface area contributed by atoms with Gasteiger partial charge in [-0.05, 0) is 57.2 Å². The molecule has 10 nitrogen and oxygen atoms in total. The minimum atomic E-state index is -0.421. The zero-order valence-electron chi connectivity index (χ0n) is 18.0. The number of nitrogens with one attached hydrogen (secondary N) is 1. The second-order valence-corrected chi connectivity index (χ2v) is 7.21. The number of carbonyl (C=O) groups is 1. The lowest BCUT2D eigenvalue weighted by Gasteiger charge is -2.10. The van der Waals surface area contributed by atoms with Crippen LogP contribution < -0.4 is 15.6 Å². The van der Waals surface area contributed by atoms with Crippen molar-refractivity contribution in [1.29, 1.82) is 0 Å². The van der Waals surface area contributed by atoms with Crippen molar-refractivity contribution < 1.29 is 9.53 Å². The summed E-state index contributed by atoms with van der Waals surface area (Å²) in [6, 6.07) is 13.2. The highest BCUT2D eigenvalue weighted by Gasteiger charge is 2.11. The number of amides is 1. The van der Waals surface area contributed by atoms with Crippen LogP contribution in [-0.2, 0) is 7.05 Å². The number of hydrogen-bond donors (Lipinski definition) is 1. The smallest absolute Gasteiger partial charge is 0.276 e. The van der Waals surface area contributed by atoms with Crippen LogP contribution in [0.2, 0.25) is 0 Å². The van der Waals surface area contributed by atoms with Crippen LogP contribution in [0.25, 0.3) is 5.82 Å². The molecular formula is C22H21N7O3. The fraction of sp³-hybridized carbons (Fsp3) is 0.182. The van der Waals surface area contributed by atoms with Gasteiger partial charge in [-0.1, -0.05) is 0 Å². The Morgan fingerprint density at radius 2 is 1.72 bits per heavy atom. The van der Waals surface area contributed by atoms with Crippen molar-refractivity contribution in [3.63, 3.8) is 0 Å². The highest BCUT2D eigenvalue weighted by molar-refractivity contribution is 6.02. The number of nitrogens with zero attached hydrogens (tertiary/aromatic N) is 6. The van der Waals surface area contributed by atoms with Crippen LogP contribution >= 0.6 is 0 Å². The molecule has 0 spiro atoms. The third-order valence-corrected chi connectivity index (χ3v) is 4.56. The van der Waals surface area contributed by atoms with E-state index in [0.717, 1.165) is 16.1 Å². The second-order valence-electron chi connectivity index (χ2n) is 7.21. The number of rotatable bonds is 5. The molecule has 3 heterocycles. The average molecular weight is 431 g/mol. The molecule has 1 N–H and O–H groups in total. The number of aryl methyl sites for hydroxylation is 4. The van der Waals surface area contributed by atoms with E-state index in [9.17, 15) is 9.59 Å². The molecule has 162 valence electrons. The number of anilines is 1. The Morgan fingerprint density at radius 3 is 2.38 bits per heavy atom. The Morgan fingerprint density at radius 1 is 0.969 bits per heavy atom. The monoisotopic (exact) mass is 431 g/mol. The summed E-state index contributed by atoms with van der Waals surface area (Å²) in [6.07, 6.45) is 0. The Kier molecular flexibility index (Phi) is 5.50. The Hall–Kier alpha value is -4.34. The minimum Gasteiger partial charge on any atom is -0.439 e. The number of carbonyl (C=O) groups excluding carboxylic acids is 1. The Labute approximate surface area is 183 Å². The lowest BCUT2D eigenvalue weighted by molar-refractivity contribution is 0.102. The van der Waals surface area contributed by atoms with Crippen molar-refractivity contribution in [3.8, 4) is 17.4 Å². The van der Waals surface area contributed by atoms with Crippen LogP contribution in [0.4, 0.5) is 5.69 Å². The molecule has 0 saturated heterocycles. The van der Waals surface area contributed by atoms with Gasteiger partial charge in [0.1, 0.15) is 17.3 Å². The maximum atomic E-state index is 12.3. The number of hydrogen-bond acceptors (Lipinski definition) is 7. The van der Waals surface area contributed by atoms with Crippen LogP contribution in [0.1, 0.15) is 27.7 Å². The number of ether oxygens (including phenoxy) is 1. The predicted molar refractivity (Wildman–Crippen MR) is 117 cm³/mol. The predicted octanol–water partition coefficient (Wildman–Crippen LogP) is 2.73. The van der Waals surface area contributed by atoms with Gasteiger partial charge in [-0.3, -0.25) is 9.59 Å². The Balaban J connectivity index is 1.49. The molecule has 10 heteroatoms. The van der Waals surface area contributed by atoms with Gasteiger partial charge in [0.2, 0.25) is 5.88 Å². The molecule has 3 aromatic heterocycles. The lowest BCUT2D eigenvalue weighted by atomic mass is 10.3. The molecule has 0 atom stereocenters. The quantitative estimate of drug-likeness (QED) is 0.516. The van der Waals surface area contributed by atoms with E-state index < -0.39 is 5.91 Å². The maximum absolute atomic E-state index is 12.3. The van der Waals surface area contributed by atoms with Crippen LogP contribution in [0.3, 0.4) is 0 Å². The summed E-state index contributed by atoms with van der Waals surface area (Å²) in [7, 11) is 1.49. The van der Waals surface area contributed by atoms with Crippen LogP contribution in [0.5, 0.6) is 11.6 Å². The van der Waals surface area contributed by atoms with Gasteiger partial charge in [0.15, 0.2) is 5.82 Å². The Bertz CT molecular complexity index is 1360. The zero-order valence-corrected chi connectivity index (χ0v) is 18.0. The SMILES string of the molecule is Cc1cc(C)n(-c2cc(Oc3ccc(NC(=O)c4ccc(=O)n(C)n4)cc3)nc(C)n2)n1. The average Bonchev–Trinajstić information content (AvgIpc) is 3.09. The van der Waals surface area contributed by atoms with Gasteiger partial charge in [-0.25, -0.2) is 14.3 Å². The van der Waals surface area contributed by atoms with Crippen LogP contribution in [0, 0.1) is 20.8 Å². The molecule has 0 radical (unpaired) electrons. The second kappa shape index (κ2) is 8.42. The van der Waals surface area contributed by atoms with Crippen molar-refractivity contribution in [2.75, 3.05) is 5.32 Å². The summed E-state index contributed by atoms with van der Waals surface area (Å²) in [6.45, 7) is 5.66. The van der Waals surface area contributed by atoms with E-state index in [4.69, 9.17) is 4.74 Å². The molecule has 0 unspecified atom stereocenters. The van der Waals surface area contributed by atoms with E-state index in [0.29, 0.717) is 29.0 Å². The molecule has 1 aromatic carbocycles. The summed E-state index contributed by atoms with van der Waals surface area (Å²) in [5.74, 6) is 1.67. The van der Waals surface area contributed by atoms with Gasteiger partial charge in [0.05, 0.1) is 5.69 Å². The van der Waals surface area contributed by atoms with E-state index in [1.54, 1.807) is 41.9 Å². The van der Waals surface area contributed by atoms with E-state index in [1.165, 1.54) is 19.2 Å². The molecule has 0 aliphatic heterocycles. The molecule has 4 rings (SSSR count). The van der Waals surface area contributed by atoms with Gasteiger partial charge in [-0.2, -0.15) is 15.2 Å². The summed E-state index contributed by atoms with van der Waals surface area (Å²) in [5, 5.41) is 11.1. The van der Waals surface area contributed by atoms with Gasteiger partial charge < -0.3 is 10.1 Å². The van der Waals surface area contributed by atoms with Crippen molar-refractivity contribution in [2.24, 2.45) is 7.05 Å². The zero-order chi connectivity index (χ0) is 22.8. The molecule has 0 saturated carbocycles. The number of aromatic nitrogens is 6. The first-order valence-corrected chi connectivity index (χ1v) is 9.81. The third-order valence-electron chi connectivity index (χ3n) is 4.56. The first kappa shape index (κ1) is 20.9. The molecule has 4 aromatic rings. The van der Waals surface area contributed by atoms with Crippen molar-refractivity contribution >= 4 is 11.6 Å². The van der Waals surface area contributed by atoms with Crippen molar-refractivity contribution in [3.05, 3.63) is 81.8 Å². The van der Waals surface area contributed by atoms with Gasteiger partial charge in [0.25, 0.3) is 11.5 Å². The fourth-order valence-corrected chi connectivity index (χ4v) is 3.09. The van der Waals surface area contributed by atoms with E-state index in [1.807, 2.05) is 19.9 Å². The first-order chi connectivity index (χ1) is 15.3. The fourth-order valence-electron chi connectivity index (χ4n) is 3.09. The van der Waals surface area contributed by atoms with Crippen molar-refractivity contribution in [2.45, 2.75) is 20.8 Å². The highest BCUT2D eigenvalue weighted by atomic mass is 16.5. The maximum Gasteiger partial charge on any atom is 0.276 e. The van der Waals surface area contributed by atoms with Crippen molar-refractivity contribution in [1.82, 2.24) is 29.5 Å². The minimum absolute atomic E-state index is 0.139. The first-order valence-electron chi connectivity index (χ1n) is 9.81. The van der Waals surface area contributed by atoms with E-state index in [2.05, 4.69) is 25.5 Å². The van der Waals surface area contributed by atoms with Gasteiger partial charge in [0, 0.05) is 30.6 Å². The largest absolute Gasteiger partial charge is 0.439 e. The highest BCUT2D eigenvalue weighted by Crippen LogP contribution is 2.23. The topological polar surface area (TPSA) is 117 Å². The van der Waals surface area contributed by atoms with Gasteiger partial charge >= 0.3 is 0 Å². The molecule has 0 aliphatic rings. The summed E-state index contributed by atoms with van der Waals surface area (Å²) < 4.78 is 8.73. The standard InChI is InChI=1S/C22H21N7O3/c1-13-11-14(2)29(26-13)19-12-20(24-15(3)23-19)32-17-7-5-16(6-8-17)25-22(31)18-9-10-21(30)28(4)27-18/h5-12H,1-4H3,(H,25,31). The molecule has 0 fully saturated rings.